The monoisotopic (exact) mass is 143 g/mol. The van der Waals surface area contributed by atoms with Crippen LogP contribution in [0, 0.1) is 0 Å². The molecule has 11 heavy (non-hydrogen) atoms. The molecule has 1 heteroatoms. The topological polar surface area (TPSA) is 12.4 Å². The molecule has 0 amide bonds. The fourth-order valence-corrected chi connectivity index (χ4v) is 1.81. The van der Waals surface area contributed by atoms with Crippen LogP contribution in [0.1, 0.15) is 24.0 Å². The van der Waals surface area contributed by atoms with Gasteiger partial charge in [-0.15, -0.1) is 0 Å². The van der Waals surface area contributed by atoms with E-state index in [-0.39, 0.29) is 5.54 Å². The van der Waals surface area contributed by atoms with E-state index in [1.165, 1.54) is 24.0 Å². The summed E-state index contributed by atoms with van der Waals surface area (Å²) in [5.74, 6) is 0. The van der Waals surface area contributed by atoms with Crippen molar-refractivity contribution >= 4 is 6.21 Å². The van der Waals surface area contributed by atoms with Crippen molar-refractivity contribution in [1.82, 2.24) is 0 Å². The largest absolute Gasteiger partial charge is 0.281 e. The first-order valence-electron chi connectivity index (χ1n) is 4.05. The van der Waals surface area contributed by atoms with E-state index in [0.717, 1.165) is 0 Å². The molecule has 2 aliphatic rings. The Bertz CT molecular complexity index is 334. The van der Waals surface area contributed by atoms with E-state index in [2.05, 4.69) is 29.3 Å². The maximum atomic E-state index is 4.52. The first kappa shape index (κ1) is 5.53. The number of rotatable bonds is 0. The Morgan fingerprint density at radius 3 is 2.82 bits per heavy atom. The predicted octanol–water partition coefficient (Wildman–Crippen LogP) is 2.11. The van der Waals surface area contributed by atoms with Gasteiger partial charge in [-0.05, 0) is 24.0 Å². The van der Waals surface area contributed by atoms with Crippen molar-refractivity contribution in [3.63, 3.8) is 0 Å². The van der Waals surface area contributed by atoms with Gasteiger partial charge in [-0.25, -0.2) is 0 Å². The lowest BCUT2D eigenvalue weighted by atomic mass is 10.0. The van der Waals surface area contributed by atoms with Crippen LogP contribution in [-0.2, 0) is 5.54 Å². The van der Waals surface area contributed by atoms with Crippen LogP contribution in [0.2, 0.25) is 0 Å². The molecule has 1 fully saturated rings. The fourth-order valence-electron chi connectivity index (χ4n) is 1.81. The molecular weight excluding hydrogens is 134 g/mol. The molecule has 0 atom stereocenters. The Morgan fingerprint density at radius 1 is 1.18 bits per heavy atom. The molecule has 54 valence electrons. The number of aliphatic imine (C=N–C) groups is 1. The van der Waals surface area contributed by atoms with E-state index in [9.17, 15) is 0 Å². The summed E-state index contributed by atoms with van der Waals surface area (Å²) in [6.45, 7) is 0. The number of benzene rings is 1. The van der Waals surface area contributed by atoms with Gasteiger partial charge in [0.25, 0.3) is 0 Å². The molecule has 1 heterocycles. The molecule has 1 nitrogen and oxygen atoms in total. The Kier molecular flexibility index (Phi) is 0.780. The van der Waals surface area contributed by atoms with Crippen LogP contribution in [0.5, 0.6) is 0 Å². The summed E-state index contributed by atoms with van der Waals surface area (Å²) in [6.07, 6.45) is 4.52. The minimum atomic E-state index is 0.247. The quantitative estimate of drug-likeness (QED) is 0.527. The van der Waals surface area contributed by atoms with Crippen LogP contribution in [-0.4, -0.2) is 6.21 Å². The molecular formula is C10H9N. The summed E-state index contributed by atoms with van der Waals surface area (Å²) in [5, 5.41) is 0. The van der Waals surface area contributed by atoms with Gasteiger partial charge in [-0.3, -0.25) is 4.99 Å². The van der Waals surface area contributed by atoms with Crippen molar-refractivity contribution in [2.75, 3.05) is 0 Å². The van der Waals surface area contributed by atoms with Crippen molar-refractivity contribution in [3.05, 3.63) is 35.4 Å². The zero-order valence-corrected chi connectivity index (χ0v) is 6.25. The molecule has 1 saturated carbocycles. The van der Waals surface area contributed by atoms with Crippen molar-refractivity contribution in [3.8, 4) is 0 Å². The zero-order valence-electron chi connectivity index (χ0n) is 6.25. The molecule has 0 aromatic heterocycles. The summed E-state index contributed by atoms with van der Waals surface area (Å²) >= 11 is 0. The Morgan fingerprint density at radius 2 is 2.00 bits per heavy atom. The second-order valence-electron chi connectivity index (χ2n) is 3.38. The van der Waals surface area contributed by atoms with Gasteiger partial charge < -0.3 is 0 Å². The van der Waals surface area contributed by atoms with Crippen LogP contribution >= 0.6 is 0 Å². The average molecular weight is 143 g/mol. The van der Waals surface area contributed by atoms with Crippen molar-refractivity contribution < 1.29 is 0 Å². The SMILES string of the molecule is C1=NC2(CC2)c2ccccc21. The van der Waals surface area contributed by atoms with Gasteiger partial charge in [0.15, 0.2) is 0 Å². The number of nitrogens with zero attached hydrogens (tertiary/aromatic N) is 1. The first-order chi connectivity index (χ1) is 5.41. The smallest absolute Gasteiger partial charge is 0.0865 e. The highest BCUT2D eigenvalue weighted by atomic mass is 14.9. The standard InChI is InChI=1S/C10H9N/c1-2-4-9-8(3-1)7-11-10(9)5-6-10/h1-4,7H,5-6H2. The van der Waals surface area contributed by atoms with Gasteiger partial charge in [0.05, 0.1) is 5.54 Å². The van der Waals surface area contributed by atoms with Crippen molar-refractivity contribution in [2.24, 2.45) is 4.99 Å². The summed E-state index contributed by atoms with van der Waals surface area (Å²) in [4.78, 5) is 4.52. The minimum Gasteiger partial charge on any atom is -0.281 e. The van der Waals surface area contributed by atoms with Crippen LogP contribution in [0.3, 0.4) is 0 Å². The third kappa shape index (κ3) is 0.584. The van der Waals surface area contributed by atoms with Gasteiger partial charge in [0, 0.05) is 6.21 Å². The van der Waals surface area contributed by atoms with Crippen molar-refractivity contribution in [1.29, 1.82) is 0 Å². The van der Waals surface area contributed by atoms with Gasteiger partial charge in [0.2, 0.25) is 0 Å². The molecule has 0 radical (unpaired) electrons. The van der Waals surface area contributed by atoms with Crippen molar-refractivity contribution in [2.45, 2.75) is 18.4 Å². The van der Waals surface area contributed by atoms with E-state index in [4.69, 9.17) is 0 Å². The normalized spacial score (nSPS) is 22.2. The van der Waals surface area contributed by atoms with Crippen LogP contribution in [0.4, 0.5) is 0 Å². The Labute approximate surface area is 65.8 Å². The summed E-state index contributed by atoms with van der Waals surface area (Å²) in [5.41, 5.74) is 3.02. The molecule has 0 N–H and O–H groups in total. The van der Waals surface area contributed by atoms with E-state index < -0.39 is 0 Å². The van der Waals surface area contributed by atoms with E-state index in [0.29, 0.717) is 0 Å². The summed E-state index contributed by atoms with van der Waals surface area (Å²) in [7, 11) is 0. The lowest BCUT2D eigenvalue weighted by molar-refractivity contribution is 0.765. The first-order valence-corrected chi connectivity index (χ1v) is 4.05. The highest BCUT2D eigenvalue weighted by molar-refractivity contribution is 5.86. The predicted molar refractivity (Wildman–Crippen MR) is 44.9 cm³/mol. The molecule has 1 aliphatic carbocycles. The number of fused-ring (bicyclic) bond motifs is 2. The number of hydrogen-bond acceptors (Lipinski definition) is 1. The molecule has 1 aromatic rings. The lowest BCUT2D eigenvalue weighted by Crippen LogP contribution is -1.97. The molecule has 0 unspecified atom stereocenters. The van der Waals surface area contributed by atoms with Crippen LogP contribution in [0.15, 0.2) is 29.3 Å². The summed E-state index contributed by atoms with van der Waals surface area (Å²) in [6, 6.07) is 8.53. The lowest BCUT2D eigenvalue weighted by Gasteiger charge is -2.03. The molecule has 1 aromatic carbocycles. The van der Waals surface area contributed by atoms with Crippen LogP contribution in [0.25, 0.3) is 0 Å². The minimum absolute atomic E-state index is 0.247. The van der Waals surface area contributed by atoms with Gasteiger partial charge in [-0.1, -0.05) is 24.3 Å². The Balaban J connectivity index is 2.28. The highest BCUT2D eigenvalue weighted by Gasteiger charge is 2.47. The molecule has 3 rings (SSSR count). The summed E-state index contributed by atoms with van der Waals surface area (Å²) < 4.78 is 0. The Hall–Kier alpha value is -1.11. The maximum Gasteiger partial charge on any atom is 0.0865 e. The van der Waals surface area contributed by atoms with Gasteiger partial charge in [0.1, 0.15) is 0 Å². The van der Waals surface area contributed by atoms with Gasteiger partial charge >= 0.3 is 0 Å². The molecule has 1 aliphatic heterocycles. The van der Waals surface area contributed by atoms with Crippen LogP contribution < -0.4 is 0 Å². The highest BCUT2D eigenvalue weighted by Crippen LogP contribution is 2.52. The fraction of sp³-hybridized carbons (Fsp3) is 0.300. The third-order valence-electron chi connectivity index (χ3n) is 2.64. The third-order valence-corrected chi connectivity index (χ3v) is 2.64. The van der Waals surface area contributed by atoms with E-state index in [1.807, 2.05) is 6.21 Å². The van der Waals surface area contributed by atoms with E-state index in [1.54, 1.807) is 0 Å². The second-order valence-corrected chi connectivity index (χ2v) is 3.38. The molecule has 0 saturated heterocycles. The second kappa shape index (κ2) is 1.55. The number of hydrogen-bond donors (Lipinski definition) is 0. The maximum absolute atomic E-state index is 4.52. The van der Waals surface area contributed by atoms with E-state index >= 15 is 0 Å². The zero-order chi connectivity index (χ0) is 7.31. The molecule has 1 spiro atoms. The average Bonchev–Trinajstić information content (AvgIpc) is 2.72. The molecule has 0 bridgehead atoms. The van der Waals surface area contributed by atoms with Gasteiger partial charge in [-0.2, -0.15) is 0 Å².